The summed E-state index contributed by atoms with van der Waals surface area (Å²) in [4.78, 5) is 13.5. The van der Waals surface area contributed by atoms with Crippen molar-refractivity contribution in [2.24, 2.45) is 5.92 Å². The second-order valence-electron chi connectivity index (χ2n) is 9.61. The van der Waals surface area contributed by atoms with Crippen LogP contribution in [0.1, 0.15) is 73.5 Å². The molecule has 0 aliphatic carbocycles. The van der Waals surface area contributed by atoms with Gasteiger partial charge in [0, 0.05) is 11.1 Å². The van der Waals surface area contributed by atoms with Gasteiger partial charge in [0.2, 0.25) is 0 Å². The first-order chi connectivity index (χ1) is 14.6. The van der Waals surface area contributed by atoms with Crippen LogP contribution < -0.4 is 9.47 Å². The van der Waals surface area contributed by atoms with Gasteiger partial charge in [-0.15, -0.1) is 0 Å². The van der Waals surface area contributed by atoms with Gasteiger partial charge in [0.25, 0.3) is 0 Å². The van der Waals surface area contributed by atoms with E-state index in [0.717, 1.165) is 18.4 Å². The number of rotatable bonds is 4. The fourth-order valence-corrected chi connectivity index (χ4v) is 4.38. The van der Waals surface area contributed by atoms with Gasteiger partial charge in [0.1, 0.15) is 35.0 Å². The summed E-state index contributed by atoms with van der Waals surface area (Å²) in [5.74, 6) is -0.0292. The van der Waals surface area contributed by atoms with Gasteiger partial charge in [0.05, 0.1) is 5.92 Å². The highest BCUT2D eigenvalue weighted by molar-refractivity contribution is 6.07. The highest BCUT2D eigenvalue weighted by Crippen LogP contribution is 2.51. The Morgan fingerprint density at radius 3 is 2.55 bits per heavy atom. The minimum Gasteiger partial charge on any atom is -0.507 e. The third-order valence-corrected chi connectivity index (χ3v) is 6.26. The molecule has 6 nitrogen and oxygen atoms in total. The van der Waals surface area contributed by atoms with E-state index in [2.05, 4.69) is 13.8 Å². The van der Waals surface area contributed by atoms with E-state index in [9.17, 15) is 20.1 Å². The van der Waals surface area contributed by atoms with Crippen molar-refractivity contribution in [3.05, 3.63) is 40.5 Å². The predicted octanol–water partition coefficient (Wildman–Crippen LogP) is 4.85. The summed E-state index contributed by atoms with van der Waals surface area (Å²) in [5.41, 5.74) is 1.90. The number of ether oxygens (including phenoxy) is 2. The van der Waals surface area contributed by atoms with Crippen molar-refractivity contribution in [1.29, 1.82) is 0 Å². The molecule has 0 radical (unpaired) electrons. The molecule has 166 valence electrons. The Kier molecular flexibility index (Phi) is 5.28. The molecule has 1 atom stereocenters. The highest BCUT2D eigenvalue weighted by atomic mass is 16.5. The average molecular weight is 427 g/mol. The van der Waals surface area contributed by atoms with Crippen LogP contribution in [-0.4, -0.2) is 33.3 Å². The van der Waals surface area contributed by atoms with E-state index in [1.807, 2.05) is 13.8 Å². The van der Waals surface area contributed by atoms with Gasteiger partial charge >= 0.3 is 0 Å². The normalized spacial score (nSPS) is 19.4. The summed E-state index contributed by atoms with van der Waals surface area (Å²) < 4.78 is 12.3. The second kappa shape index (κ2) is 7.66. The molecule has 0 amide bonds. The number of aromatic hydroxyl groups is 3. The fourth-order valence-electron chi connectivity index (χ4n) is 4.38. The topological polar surface area (TPSA) is 96.2 Å². The lowest BCUT2D eigenvalue weighted by Gasteiger charge is -2.37. The van der Waals surface area contributed by atoms with Crippen molar-refractivity contribution in [2.45, 2.75) is 64.9 Å². The molecule has 3 N–H and O–H groups in total. The van der Waals surface area contributed by atoms with Crippen LogP contribution in [-0.2, 0) is 12.8 Å². The lowest BCUT2D eigenvalue weighted by atomic mass is 9.82. The number of hydrogen-bond donors (Lipinski definition) is 3. The molecule has 0 saturated heterocycles. The van der Waals surface area contributed by atoms with E-state index < -0.39 is 5.92 Å². The number of phenolic OH excluding ortho intramolecular Hbond substituents is 3. The number of benzene rings is 2. The monoisotopic (exact) mass is 426 g/mol. The zero-order valence-electron chi connectivity index (χ0n) is 18.5. The molecular formula is C25H30O6. The molecule has 0 spiro atoms. The number of ketones is 1. The maximum absolute atomic E-state index is 13.5. The Labute approximate surface area is 182 Å². The van der Waals surface area contributed by atoms with E-state index in [0.29, 0.717) is 41.4 Å². The Balaban J connectivity index is 1.83. The molecule has 6 heteroatoms. The van der Waals surface area contributed by atoms with Gasteiger partial charge in [0.15, 0.2) is 17.3 Å². The Morgan fingerprint density at radius 1 is 1.13 bits per heavy atom. The standard InChI is InChI=1S/C25H30O6/c1-13(2)5-7-15-21(28)20-22(29)17(14-6-8-18(26)19(27)11-14)12-30-24(20)16-9-10-25(3,4)31-23(15)16/h6,8,11,13,17,26-28H,5,7,9-10,12H2,1-4H3. The summed E-state index contributed by atoms with van der Waals surface area (Å²) in [6.07, 6.45) is 2.95. The Morgan fingerprint density at radius 2 is 1.87 bits per heavy atom. The van der Waals surface area contributed by atoms with Gasteiger partial charge in [-0.3, -0.25) is 4.79 Å². The van der Waals surface area contributed by atoms with Gasteiger partial charge in [-0.25, -0.2) is 0 Å². The molecule has 2 heterocycles. The molecular weight excluding hydrogens is 396 g/mol. The quantitative estimate of drug-likeness (QED) is 0.605. The summed E-state index contributed by atoms with van der Waals surface area (Å²) in [6, 6.07) is 4.31. The van der Waals surface area contributed by atoms with Crippen LogP contribution >= 0.6 is 0 Å². The maximum Gasteiger partial charge on any atom is 0.181 e. The third kappa shape index (κ3) is 3.80. The Bertz CT molecular complexity index is 1040. The van der Waals surface area contributed by atoms with Crippen molar-refractivity contribution in [2.75, 3.05) is 6.61 Å². The van der Waals surface area contributed by atoms with Crippen molar-refractivity contribution in [3.8, 4) is 28.7 Å². The first-order valence-electron chi connectivity index (χ1n) is 10.9. The van der Waals surface area contributed by atoms with Gasteiger partial charge in [-0.05, 0) is 63.1 Å². The summed E-state index contributed by atoms with van der Waals surface area (Å²) in [7, 11) is 0. The minimum absolute atomic E-state index is 0.0650. The molecule has 0 bridgehead atoms. The van der Waals surface area contributed by atoms with Gasteiger partial charge in [-0.1, -0.05) is 19.9 Å². The van der Waals surface area contributed by atoms with Crippen LogP contribution in [0.4, 0.5) is 0 Å². The largest absolute Gasteiger partial charge is 0.507 e. The van der Waals surface area contributed by atoms with Crippen LogP contribution in [0.2, 0.25) is 0 Å². The number of phenols is 3. The minimum atomic E-state index is -0.679. The smallest absolute Gasteiger partial charge is 0.181 e. The van der Waals surface area contributed by atoms with Crippen molar-refractivity contribution in [3.63, 3.8) is 0 Å². The van der Waals surface area contributed by atoms with E-state index in [4.69, 9.17) is 9.47 Å². The van der Waals surface area contributed by atoms with Crippen molar-refractivity contribution in [1.82, 2.24) is 0 Å². The van der Waals surface area contributed by atoms with E-state index in [1.54, 1.807) is 6.07 Å². The highest BCUT2D eigenvalue weighted by Gasteiger charge is 2.40. The molecule has 2 aromatic carbocycles. The lowest BCUT2D eigenvalue weighted by Crippen LogP contribution is -2.35. The molecule has 0 fully saturated rings. The van der Waals surface area contributed by atoms with E-state index in [1.165, 1.54) is 12.1 Å². The molecule has 31 heavy (non-hydrogen) atoms. The van der Waals surface area contributed by atoms with Crippen LogP contribution in [0.15, 0.2) is 18.2 Å². The number of hydrogen-bond acceptors (Lipinski definition) is 6. The molecule has 0 saturated carbocycles. The predicted molar refractivity (Wildman–Crippen MR) is 117 cm³/mol. The first-order valence-corrected chi connectivity index (χ1v) is 10.9. The zero-order valence-corrected chi connectivity index (χ0v) is 18.5. The number of Topliss-reactive ketones (excluding diaryl/α,β-unsaturated/α-hetero) is 1. The first kappa shape index (κ1) is 21.3. The van der Waals surface area contributed by atoms with Crippen LogP contribution in [0.5, 0.6) is 28.7 Å². The average Bonchev–Trinajstić information content (AvgIpc) is 2.69. The van der Waals surface area contributed by atoms with Gasteiger partial charge in [-0.2, -0.15) is 0 Å². The molecule has 0 aromatic heterocycles. The molecule has 1 unspecified atom stereocenters. The summed E-state index contributed by atoms with van der Waals surface area (Å²) in [6.45, 7) is 8.38. The van der Waals surface area contributed by atoms with Crippen LogP contribution in [0.25, 0.3) is 0 Å². The fraction of sp³-hybridized carbons (Fsp3) is 0.480. The third-order valence-electron chi connectivity index (χ3n) is 6.26. The van der Waals surface area contributed by atoms with Crippen molar-refractivity contribution >= 4 is 5.78 Å². The maximum atomic E-state index is 13.5. The summed E-state index contributed by atoms with van der Waals surface area (Å²) in [5, 5.41) is 30.7. The van der Waals surface area contributed by atoms with Crippen molar-refractivity contribution < 1.29 is 29.6 Å². The van der Waals surface area contributed by atoms with Crippen LogP contribution in [0, 0.1) is 5.92 Å². The van der Waals surface area contributed by atoms with E-state index >= 15 is 0 Å². The zero-order chi connectivity index (χ0) is 22.5. The Hall–Kier alpha value is -2.89. The lowest BCUT2D eigenvalue weighted by molar-refractivity contribution is 0.0786. The molecule has 2 aromatic rings. The van der Waals surface area contributed by atoms with E-state index in [-0.39, 0.29) is 40.8 Å². The number of carbonyl (C=O) groups excluding carboxylic acids is 1. The summed E-state index contributed by atoms with van der Waals surface area (Å²) >= 11 is 0. The number of fused-ring (bicyclic) bond motifs is 3. The molecule has 2 aliphatic heterocycles. The van der Waals surface area contributed by atoms with Crippen LogP contribution in [0.3, 0.4) is 0 Å². The van der Waals surface area contributed by atoms with Gasteiger partial charge < -0.3 is 24.8 Å². The second-order valence-corrected chi connectivity index (χ2v) is 9.61. The SMILES string of the molecule is CC(C)CCc1c(O)c2c(c3c1OC(C)(C)CC3)OCC(c1ccc(O)c(O)c1)C2=O. The number of carbonyl (C=O) groups is 1. The molecule has 4 rings (SSSR count). The molecule has 2 aliphatic rings.